The molecule has 3 rings (SSSR count). The van der Waals surface area contributed by atoms with E-state index in [0.717, 1.165) is 28.9 Å². The second-order valence-electron chi connectivity index (χ2n) is 7.03. The van der Waals surface area contributed by atoms with E-state index in [-0.39, 0.29) is 23.9 Å². The molecule has 2 amide bonds. The minimum atomic E-state index is -0.182. The first kappa shape index (κ1) is 18.2. The van der Waals surface area contributed by atoms with Crippen LogP contribution in [0, 0.1) is 13.8 Å². The quantitative estimate of drug-likeness (QED) is 0.861. The van der Waals surface area contributed by atoms with Gasteiger partial charge in [-0.2, -0.15) is 5.10 Å². The van der Waals surface area contributed by atoms with Crippen molar-refractivity contribution in [2.75, 3.05) is 0 Å². The minimum absolute atomic E-state index is 0.00953. The van der Waals surface area contributed by atoms with Crippen LogP contribution in [0.2, 0.25) is 0 Å². The van der Waals surface area contributed by atoms with E-state index in [0.29, 0.717) is 12.8 Å². The molecule has 6 heteroatoms. The van der Waals surface area contributed by atoms with Crippen molar-refractivity contribution in [1.29, 1.82) is 0 Å². The van der Waals surface area contributed by atoms with E-state index in [2.05, 4.69) is 21.8 Å². The minimum Gasteiger partial charge on any atom is -0.351 e. The third kappa shape index (κ3) is 3.64. The van der Waals surface area contributed by atoms with Gasteiger partial charge in [-0.1, -0.05) is 24.3 Å². The SMILES string of the molecule is CC(=O)N[C@@H]1Cc2ccccc2[C@H]1NC(=O)CCc1c(C)nn(C)c1C. The van der Waals surface area contributed by atoms with Crippen LogP contribution in [0.4, 0.5) is 0 Å². The van der Waals surface area contributed by atoms with Crippen LogP contribution in [0.25, 0.3) is 0 Å². The lowest BCUT2D eigenvalue weighted by Gasteiger charge is -2.22. The van der Waals surface area contributed by atoms with Crippen LogP contribution in [0.3, 0.4) is 0 Å². The van der Waals surface area contributed by atoms with E-state index in [1.54, 1.807) is 0 Å². The summed E-state index contributed by atoms with van der Waals surface area (Å²) in [7, 11) is 1.92. The maximum absolute atomic E-state index is 12.6. The maximum Gasteiger partial charge on any atom is 0.220 e. The third-order valence-corrected chi connectivity index (χ3v) is 5.20. The number of benzene rings is 1. The number of rotatable bonds is 5. The van der Waals surface area contributed by atoms with Crippen LogP contribution in [0.15, 0.2) is 24.3 Å². The van der Waals surface area contributed by atoms with Crippen molar-refractivity contribution in [3.63, 3.8) is 0 Å². The number of hydrogen-bond donors (Lipinski definition) is 2. The van der Waals surface area contributed by atoms with Gasteiger partial charge in [0.25, 0.3) is 0 Å². The van der Waals surface area contributed by atoms with Crippen LogP contribution in [-0.4, -0.2) is 27.6 Å². The molecule has 0 aliphatic heterocycles. The molecule has 0 bridgehead atoms. The zero-order chi connectivity index (χ0) is 18.8. The molecule has 1 aliphatic carbocycles. The van der Waals surface area contributed by atoms with Gasteiger partial charge in [-0.05, 0) is 43.4 Å². The molecule has 6 nitrogen and oxygen atoms in total. The molecule has 0 saturated heterocycles. The van der Waals surface area contributed by atoms with Crippen LogP contribution in [0.1, 0.15) is 47.5 Å². The molecule has 1 aromatic heterocycles. The summed E-state index contributed by atoms with van der Waals surface area (Å²) < 4.78 is 1.85. The number of hydrogen-bond acceptors (Lipinski definition) is 3. The number of carbonyl (C=O) groups is 2. The van der Waals surface area contributed by atoms with Crippen molar-refractivity contribution in [3.05, 3.63) is 52.3 Å². The fraction of sp³-hybridized carbons (Fsp3) is 0.450. The summed E-state index contributed by atoms with van der Waals surface area (Å²) in [4.78, 5) is 24.1. The average Bonchev–Trinajstić information content (AvgIpc) is 3.03. The topological polar surface area (TPSA) is 76.0 Å². The molecule has 1 aliphatic rings. The van der Waals surface area contributed by atoms with E-state index < -0.39 is 0 Å². The number of nitrogens with one attached hydrogen (secondary N) is 2. The Morgan fingerprint density at radius 2 is 1.96 bits per heavy atom. The monoisotopic (exact) mass is 354 g/mol. The van der Waals surface area contributed by atoms with Crippen molar-refractivity contribution in [2.24, 2.45) is 7.05 Å². The van der Waals surface area contributed by atoms with Gasteiger partial charge in [-0.25, -0.2) is 0 Å². The second kappa shape index (κ2) is 7.32. The Kier molecular flexibility index (Phi) is 5.11. The highest BCUT2D eigenvalue weighted by atomic mass is 16.2. The van der Waals surface area contributed by atoms with Gasteiger partial charge in [0, 0.05) is 26.1 Å². The molecule has 1 aromatic carbocycles. The van der Waals surface area contributed by atoms with Crippen molar-refractivity contribution < 1.29 is 9.59 Å². The number of nitrogens with zero attached hydrogens (tertiary/aromatic N) is 2. The Labute approximate surface area is 154 Å². The van der Waals surface area contributed by atoms with Gasteiger partial charge in [0.05, 0.1) is 17.8 Å². The zero-order valence-electron chi connectivity index (χ0n) is 15.8. The van der Waals surface area contributed by atoms with Crippen LogP contribution < -0.4 is 10.6 Å². The van der Waals surface area contributed by atoms with E-state index in [4.69, 9.17) is 0 Å². The number of aromatic nitrogens is 2. The van der Waals surface area contributed by atoms with Crippen molar-refractivity contribution in [1.82, 2.24) is 20.4 Å². The van der Waals surface area contributed by atoms with Gasteiger partial charge >= 0.3 is 0 Å². The van der Waals surface area contributed by atoms with E-state index >= 15 is 0 Å². The van der Waals surface area contributed by atoms with Gasteiger partial charge in [-0.15, -0.1) is 0 Å². The standard InChI is InChI=1S/C20H26N4O2/c1-12-16(13(2)24(4)23-12)9-10-19(26)22-20-17-8-6-5-7-15(17)11-18(20)21-14(3)25/h5-8,18,20H,9-11H2,1-4H3,(H,21,25)(H,22,26)/t18-,20-/m1/s1. The van der Waals surface area contributed by atoms with E-state index in [9.17, 15) is 9.59 Å². The summed E-state index contributed by atoms with van der Waals surface area (Å²) in [6.45, 7) is 5.50. The predicted molar refractivity (Wildman–Crippen MR) is 99.6 cm³/mol. The Balaban J connectivity index is 1.69. The first-order valence-corrected chi connectivity index (χ1v) is 9.00. The highest BCUT2D eigenvalue weighted by Crippen LogP contribution is 2.31. The first-order valence-electron chi connectivity index (χ1n) is 9.00. The summed E-state index contributed by atoms with van der Waals surface area (Å²) in [5.41, 5.74) is 5.47. The van der Waals surface area contributed by atoms with Crippen molar-refractivity contribution >= 4 is 11.8 Å². The summed E-state index contributed by atoms with van der Waals surface area (Å²) in [6.07, 6.45) is 1.80. The molecule has 0 spiro atoms. The predicted octanol–water partition coefficient (Wildman–Crippen LogP) is 1.89. The third-order valence-electron chi connectivity index (χ3n) is 5.20. The number of fused-ring (bicyclic) bond motifs is 1. The second-order valence-corrected chi connectivity index (χ2v) is 7.03. The van der Waals surface area contributed by atoms with Gasteiger partial charge < -0.3 is 10.6 Å². The molecule has 26 heavy (non-hydrogen) atoms. The molecule has 2 aromatic rings. The largest absolute Gasteiger partial charge is 0.351 e. The van der Waals surface area contributed by atoms with Crippen molar-refractivity contribution in [3.8, 4) is 0 Å². The Bertz CT molecular complexity index is 840. The van der Waals surface area contributed by atoms with E-state index in [1.165, 1.54) is 12.5 Å². The summed E-state index contributed by atoms with van der Waals surface area (Å²) in [5.74, 6) is -0.0895. The molecular formula is C20H26N4O2. The fourth-order valence-electron chi connectivity index (χ4n) is 3.83. The molecule has 2 atom stereocenters. The smallest absolute Gasteiger partial charge is 0.220 e. The molecule has 0 fully saturated rings. The Hall–Kier alpha value is -2.63. The van der Waals surface area contributed by atoms with Gasteiger partial charge in [0.15, 0.2) is 0 Å². The van der Waals surface area contributed by atoms with Crippen molar-refractivity contribution in [2.45, 2.75) is 52.1 Å². The molecule has 0 radical (unpaired) electrons. The van der Waals surface area contributed by atoms with Crippen LogP contribution in [0.5, 0.6) is 0 Å². The summed E-state index contributed by atoms with van der Waals surface area (Å²) in [6, 6.07) is 7.75. The molecule has 0 saturated carbocycles. The van der Waals surface area contributed by atoms with Gasteiger partial charge in [0.1, 0.15) is 0 Å². The molecule has 0 unspecified atom stereocenters. The number of aryl methyl sites for hydroxylation is 2. The first-order chi connectivity index (χ1) is 12.4. The molecule has 138 valence electrons. The van der Waals surface area contributed by atoms with E-state index in [1.807, 2.05) is 43.8 Å². The average molecular weight is 354 g/mol. The van der Waals surface area contributed by atoms with Gasteiger partial charge in [-0.3, -0.25) is 14.3 Å². The number of carbonyl (C=O) groups excluding carboxylic acids is 2. The zero-order valence-corrected chi connectivity index (χ0v) is 15.8. The van der Waals surface area contributed by atoms with Gasteiger partial charge in [0.2, 0.25) is 11.8 Å². The normalized spacial score (nSPS) is 18.5. The Morgan fingerprint density at radius 3 is 2.62 bits per heavy atom. The molecule has 1 heterocycles. The summed E-state index contributed by atoms with van der Waals surface area (Å²) in [5, 5.41) is 10.5. The highest BCUT2D eigenvalue weighted by Gasteiger charge is 2.33. The van der Waals surface area contributed by atoms with Crippen LogP contribution in [-0.2, 0) is 29.5 Å². The lowest BCUT2D eigenvalue weighted by molar-refractivity contribution is -0.123. The fourth-order valence-corrected chi connectivity index (χ4v) is 3.83. The summed E-state index contributed by atoms with van der Waals surface area (Å²) >= 11 is 0. The lowest BCUT2D eigenvalue weighted by Crippen LogP contribution is -2.43. The molecule has 2 N–H and O–H groups in total. The number of amides is 2. The lowest BCUT2D eigenvalue weighted by atomic mass is 10.0. The molecular weight excluding hydrogens is 328 g/mol. The maximum atomic E-state index is 12.6. The highest BCUT2D eigenvalue weighted by molar-refractivity contribution is 5.78. The van der Waals surface area contributed by atoms with Crippen LogP contribution >= 0.6 is 0 Å². The Morgan fingerprint density at radius 1 is 1.23 bits per heavy atom.